The Bertz CT molecular complexity index is 446. The molecule has 0 heterocycles. The van der Waals surface area contributed by atoms with E-state index in [4.69, 9.17) is 22.1 Å². The average molecular weight is 330 g/mol. The summed E-state index contributed by atoms with van der Waals surface area (Å²) in [6.45, 7) is 0. The maximum Gasteiger partial charge on any atom is 0.416 e. The second-order valence-electron chi connectivity index (χ2n) is 4.80. The molecule has 0 aliphatic heterocycles. The smallest absolute Gasteiger partial charge is 0.416 e. The molecular formula is C13H16Cl2F3NO. The van der Waals surface area contributed by atoms with Gasteiger partial charge in [0.2, 0.25) is 0 Å². The van der Waals surface area contributed by atoms with Crippen LogP contribution in [0, 0.1) is 0 Å². The van der Waals surface area contributed by atoms with Crippen molar-refractivity contribution in [1.82, 2.24) is 0 Å². The molecule has 2 rings (SSSR count). The zero-order chi connectivity index (χ0) is 14.0. The van der Waals surface area contributed by atoms with Gasteiger partial charge < -0.3 is 10.5 Å². The van der Waals surface area contributed by atoms with Crippen molar-refractivity contribution in [3.05, 3.63) is 28.8 Å². The third-order valence-corrected chi connectivity index (χ3v) is 3.58. The number of nitrogens with two attached hydrogens (primary N) is 1. The van der Waals surface area contributed by atoms with Gasteiger partial charge in [-0.25, -0.2) is 0 Å². The number of alkyl halides is 3. The van der Waals surface area contributed by atoms with Crippen LogP contribution in [0.5, 0.6) is 5.75 Å². The molecule has 7 heteroatoms. The maximum atomic E-state index is 12.6. The van der Waals surface area contributed by atoms with Gasteiger partial charge in [0.25, 0.3) is 0 Å². The van der Waals surface area contributed by atoms with Crippen molar-refractivity contribution < 1.29 is 17.9 Å². The van der Waals surface area contributed by atoms with Crippen LogP contribution in [0.15, 0.2) is 18.2 Å². The summed E-state index contributed by atoms with van der Waals surface area (Å²) in [5.74, 6) is 0.0944. The lowest BCUT2D eigenvalue weighted by atomic mass is 9.94. The Kier molecular flexibility index (Phi) is 5.98. The zero-order valence-corrected chi connectivity index (χ0v) is 12.2. The predicted molar refractivity (Wildman–Crippen MR) is 74.6 cm³/mol. The second-order valence-corrected chi connectivity index (χ2v) is 5.20. The Morgan fingerprint density at radius 1 is 1.15 bits per heavy atom. The fourth-order valence-corrected chi connectivity index (χ4v) is 2.32. The number of halogens is 5. The number of hydrogen-bond donors (Lipinski definition) is 1. The van der Waals surface area contributed by atoms with Gasteiger partial charge in [-0.05, 0) is 43.9 Å². The van der Waals surface area contributed by atoms with E-state index in [1.807, 2.05) is 0 Å². The lowest BCUT2D eigenvalue weighted by Gasteiger charge is -2.27. The molecule has 0 unspecified atom stereocenters. The molecule has 1 saturated carbocycles. The van der Waals surface area contributed by atoms with E-state index in [2.05, 4.69) is 0 Å². The predicted octanol–water partition coefficient (Wildman–Crippen LogP) is 4.43. The van der Waals surface area contributed by atoms with Crippen molar-refractivity contribution in [3.63, 3.8) is 0 Å². The first-order chi connectivity index (χ1) is 8.86. The van der Waals surface area contributed by atoms with Gasteiger partial charge in [0, 0.05) is 6.04 Å². The van der Waals surface area contributed by atoms with Gasteiger partial charge in [-0.2, -0.15) is 13.2 Å². The van der Waals surface area contributed by atoms with Gasteiger partial charge in [-0.1, -0.05) is 11.6 Å². The van der Waals surface area contributed by atoms with Crippen molar-refractivity contribution in [2.75, 3.05) is 0 Å². The van der Waals surface area contributed by atoms with Crippen LogP contribution in [0.1, 0.15) is 31.2 Å². The molecule has 2 N–H and O–H groups in total. The number of rotatable bonds is 2. The highest BCUT2D eigenvalue weighted by atomic mass is 35.5. The molecule has 20 heavy (non-hydrogen) atoms. The Labute approximate surface area is 126 Å². The summed E-state index contributed by atoms with van der Waals surface area (Å²) in [5, 5.41) is 0.197. The SMILES string of the molecule is Cl.NC1CCC(Oc2cc(C(F)(F)F)ccc2Cl)CC1. The zero-order valence-electron chi connectivity index (χ0n) is 10.6. The van der Waals surface area contributed by atoms with E-state index in [0.717, 1.165) is 37.8 Å². The third kappa shape index (κ3) is 4.43. The Morgan fingerprint density at radius 3 is 2.30 bits per heavy atom. The molecule has 0 amide bonds. The van der Waals surface area contributed by atoms with Crippen LogP contribution >= 0.6 is 24.0 Å². The lowest BCUT2D eigenvalue weighted by Crippen LogP contribution is -2.31. The van der Waals surface area contributed by atoms with Crippen LogP contribution in [-0.2, 0) is 6.18 Å². The molecule has 1 aliphatic carbocycles. The monoisotopic (exact) mass is 329 g/mol. The van der Waals surface area contributed by atoms with Gasteiger partial charge in [0.1, 0.15) is 5.75 Å². The van der Waals surface area contributed by atoms with Gasteiger partial charge in [-0.3, -0.25) is 0 Å². The summed E-state index contributed by atoms with van der Waals surface area (Å²) in [7, 11) is 0. The minimum absolute atomic E-state index is 0. The molecule has 0 radical (unpaired) electrons. The maximum absolute atomic E-state index is 12.6. The first-order valence-electron chi connectivity index (χ1n) is 6.15. The number of hydrogen-bond acceptors (Lipinski definition) is 2. The summed E-state index contributed by atoms with van der Waals surface area (Å²) < 4.78 is 43.4. The highest BCUT2D eigenvalue weighted by Gasteiger charge is 2.31. The van der Waals surface area contributed by atoms with Gasteiger partial charge in [0.15, 0.2) is 0 Å². The molecule has 0 bridgehead atoms. The summed E-state index contributed by atoms with van der Waals surface area (Å²) in [5.41, 5.74) is 5.02. The molecule has 1 aliphatic rings. The molecule has 0 atom stereocenters. The van der Waals surface area contributed by atoms with Crippen LogP contribution in [0.4, 0.5) is 13.2 Å². The standard InChI is InChI=1S/C13H15ClF3NO.ClH/c14-11-6-1-8(13(15,16)17)7-12(11)19-10-4-2-9(18)3-5-10;/h1,6-7,9-10H,2-5,18H2;1H. The fraction of sp³-hybridized carbons (Fsp3) is 0.538. The first kappa shape index (κ1) is 17.4. The second kappa shape index (κ2) is 6.87. The molecule has 1 aromatic carbocycles. The van der Waals surface area contributed by atoms with E-state index in [1.165, 1.54) is 6.07 Å². The average Bonchev–Trinajstić information content (AvgIpc) is 2.33. The Morgan fingerprint density at radius 2 is 1.75 bits per heavy atom. The molecule has 0 spiro atoms. The summed E-state index contributed by atoms with van der Waals surface area (Å²) >= 11 is 5.88. The Balaban J connectivity index is 0.00000200. The Hall–Kier alpha value is -0.650. The van der Waals surface area contributed by atoms with E-state index in [-0.39, 0.29) is 35.3 Å². The fourth-order valence-electron chi connectivity index (χ4n) is 2.16. The van der Waals surface area contributed by atoms with Crippen LogP contribution in [0.2, 0.25) is 5.02 Å². The van der Waals surface area contributed by atoms with Gasteiger partial charge >= 0.3 is 6.18 Å². The van der Waals surface area contributed by atoms with Crippen molar-refractivity contribution in [2.45, 2.75) is 44.0 Å². The molecule has 1 aromatic rings. The van der Waals surface area contributed by atoms with Crippen LogP contribution in [-0.4, -0.2) is 12.1 Å². The first-order valence-corrected chi connectivity index (χ1v) is 6.53. The largest absolute Gasteiger partial charge is 0.489 e. The van der Waals surface area contributed by atoms with Crippen molar-refractivity contribution in [1.29, 1.82) is 0 Å². The number of ether oxygens (including phenoxy) is 1. The minimum atomic E-state index is -4.39. The molecule has 2 nitrogen and oxygen atoms in total. The lowest BCUT2D eigenvalue weighted by molar-refractivity contribution is -0.137. The topological polar surface area (TPSA) is 35.2 Å². The van der Waals surface area contributed by atoms with E-state index in [9.17, 15) is 13.2 Å². The highest BCUT2D eigenvalue weighted by molar-refractivity contribution is 6.32. The molecule has 114 valence electrons. The minimum Gasteiger partial charge on any atom is -0.489 e. The normalized spacial score (nSPS) is 23.1. The quantitative estimate of drug-likeness (QED) is 0.871. The summed E-state index contributed by atoms with van der Waals surface area (Å²) in [4.78, 5) is 0. The van der Waals surface area contributed by atoms with E-state index >= 15 is 0 Å². The molecule has 0 aromatic heterocycles. The summed E-state index contributed by atoms with van der Waals surface area (Å²) in [6.07, 6.45) is -1.37. The van der Waals surface area contributed by atoms with Crippen molar-refractivity contribution in [2.24, 2.45) is 5.73 Å². The van der Waals surface area contributed by atoms with Crippen molar-refractivity contribution >= 4 is 24.0 Å². The van der Waals surface area contributed by atoms with Crippen LogP contribution < -0.4 is 10.5 Å². The van der Waals surface area contributed by atoms with Crippen molar-refractivity contribution in [3.8, 4) is 5.75 Å². The van der Waals surface area contributed by atoms with E-state index < -0.39 is 11.7 Å². The summed E-state index contributed by atoms with van der Waals surface area (Å²) in [6, 6.07) is 3.29. The highest BCUT2D eigenvalue weighted by Crippen LogP contribution is 2.36. The van der Waals surface area contributed by atoms with E-state index in [1.54, 1.807) is 0 Å². The molecule has 1 fully saturated rings. The number of benzene rings is 1. The molecule has 0 saturated heterocycles. The molecular weight excluding hydrogens is 314 g/mol. The van der Waals surface area contributed by atoms with E-state index in [0.29, 0.717) is 0 Å². The third-order valence-electron chi connectivity index (χ3n) is 3.27. The van der Waals surface area contributed by atoms with Crippen LogP contribution in [0.3, 0.4) is 0 Å². The van der Waals surface area contributed by atoms with Gasteiger partial charge in [-0.15, -0.1) is 12.4 Å². The van der Waals surface area contributed by atoms with Crippen LogP contribution in [0.25, 0.3) is 0 Å². The van der Waals surface area contributed by atoms with Gasteiger partial charge in [0.05, 0.1) is 16.7 Å².